The van der Waals surface area contributed by atoms with E-state index in [9.17, 15) is 19.5 Å². The first-order valence-electron chi connectivity index (χ1n) is 5.70. The molecule has 3 rings (SSSR count). The molecule has 0 radical (unpaired) electrons. The van der Waals surface area contributed by atoms with Gasteiger partial charge < -0.3 is 9.90 Å². The molecule has 4 atom stereocenters. The molecule has 0 aromatic rings. The van der Waals surface area contributed by atoms with E-state index in [0.29, 0.717) is 0 Å². The molecule has 2 aliphatic carbocycles. The molecule has 2 amide bonds. The van der Waals surface area contributed by atoms with Gasteiger partial charge in [-0.15, -0.1) is 0 Å². The number of carbonyl (C=O) groups is 3. The van der Waals surface area contributed by atoms with E-state index in [2.05, 4.69) is 0 Å². The highest BCUT2D eigenvalue weighted by atomic mass is 16.4. The lowest BCUT2D eigenvalue weighted by Gasteiger charge is -2.28. The van der Waals surface area contributed by atoms with Gasteiger partial charge in [0.05, 0.1) is 23.8 Å². The summed E-state index contributed by atoms with van der Waals surface area (Å²) in [5, 5.41) is 10.6. The maximum Gasteiger partial charge on any atom is 0.236 e. The summed E-state index contributed by atoms with van der Waals surface area (Å²) >= 11 is 0. The number of hydrogen-bond acceptors (Lipinski definition) is 4. The van der Waals surface area contributed by atoms with Gasteiger partial charge in [-0.1, -0.05) is 12.2 Å². The fourth-order valence-electron chi connectivity index (χ4n) is 3.66. The molecule has 90 valence electrons. The van der Waals surface area contributed by atoms with Crippen LogP contribution in [0, 0.1) is 23.2 Å². The van der Waals surface area contributed by atoms with Gasteiger partial charge in [-0.2, -0.15) is 0 Å². The second-order valence-electron chi connectivity index (χ2n) is 5.25. The molecule has 0 aromatic carbocycles. The molecule has 1 saturated carbocycles. The molecular weight excluding hydrogens is 222 g/mol. The molecule has 0 aromatic heterocycles. The third kappa shape index (κ3) is 1.06. The van der Waals surface area contributed by atoms with Crippen LogP contribution in [0.2, 0.25) is 0 Å². The Balaban J connectivity index is 2.00. The molecular formula is C12H12NO4-. The summed E-state index contributed by atoms with van der Waals surface area (Å²) in [6.07, 6.45) is 4.79. The Labute approximate surface area is 98.1 Å². The van der Waals surface area contributed by atoms with Crippen LogP contribution in [0.3, 0.4) is 0 Å². The molecule has 5 nitrogen and oxygen atoms in total. The van der Waals surface area contributed by atoms with Gasteiger partial charge in [0.15, 0.2) is 0 Å². The molecule has 0 spiro atoms. The smallest absolute Gasteiger partial charge is 0.236 e. The van der Waals surface area contributed by atoms with E-state index >= 15 is 0 Å². The predicted molar refractivity (Wildman–Crippen MR) is 54.1 cm³/mol. The minimum absolute atomic E-state index is 0.0701. The van der Waals surface area contributed by atoms with Gasteiger partial charge in [0, 0.05) is 0 Å². The van der Waals surface area contributed by atoms with Crippen molar-refractivity contribution in [1.82, 2.24) is 4.90 Å². The largest absolute Gasteiger partial charge is 0.548 e. The number of rotatable bonds is 2. The quantitative estimate of drug-likeness (QED) is 0.450. The summed E-state index contributed by atoms with van der Waals surface area (Å²) in [5.74, 6) is -2.30. The normalized spacial score (nSPS) is 42.4. The van der Waals surface area contributed by atoms with Crippen molar-refractivity contribution >= 4 is 17.8 Å². The molecule has 1 saturated heterocycles. The zero-order valence-corrected chi connectivity index (χ0v) is 9.38. The van der Waals surface area contributed by atoms with Crippen molar-refractivity contribution in [2.24, 2.45) is 23.2 Å². The number of carboxylic acid groups (broad SMARTS) is 1. The number of fused-ring (bicyclic) bond motifs is 5. The van der Waals surface area contributed by atoms with Gasteiger partial charge >= 0.3 is 0 Å². The number of nitrogens with zero attached hydrogens (tertiary/aromatic N) is 1. The van der Waals surface area contributed by atoms with Crippen molar-refractivity contribution in [3.8, 4) is 0 Å². The van der Waals surface area contributed by atoms with Crippen LogP contribution in [-0.2, 0) is 14.4 Å². The summed E-state index contributed by atoms with van der Waals surface area (Å²) in [6.45, 7) is 1.16. The maximum atomic E-state index is 12.2. The first-order valence-corrected chi connectivity index (χ1v) is 5.70. The lowest BCUT2D eigenvalue weighted by atomic mass is 9.71. The van der Waals surface area contributed by atoms with E-state index in [0.717, 1.165) is 11.3 Å². The van der Waals surface area contributed by atoms with Crippen molar-refractivity contribution in [2.75, 3.05) is 6.54 Å². The Bertz CT molecular complexity index is 469. The Hall–Kier alpha value is -1.65. The van der Waals surface area contributed by atoms with Crippen LogP contribution < -0.4 is 5.11 Å². The monoisotopic (exact) mass is 234 g/mol. The first-order chi connectivity index (χ1) is 7.96. The second kappa shape index (κ2) is 2.97. The third-order valence-corrected chi connectivity index (χ3v) is 4.49. The van der Waals surface area contributed by atoms with Gasteiger partial charge in [0.1, 0.15) is 0 Å². The molecule has 1 heterocycles. The average molecular weight is 234 g/mol. The highest BCUT2D eigenvalue weighted by Crippen LogP contribution is 2.60. The average Bonchev–Trinajstić information content (AvgIpc) is 2.87. The Morgan fingerprint density at radius 2 is 2.24 bits per heavy atom. The van der Waals surface area contributed by atoms with Crippen LogP contribution >= 0.6 is 0 Å². The zero-order valence-electron chi connectivity index (χ0n) is 9.38. The number of aliphatic carboxylic acids is 1. The van der Waals surface area contributed by atoms with E-state index in [4.69, 9.17) is 0 Å². The number of carbonyl (C=O) groups excluding carboxylic acids is 3. The molecule has 17 heavy (non-hydrogen) atoms. The summed E-state index contributed by atoms with van der Waals surface area (Å²) < 4.78 is 0. The zero-order chi connectivity index (χ0) is 12.4. The van der Waals surface area contributed by atoms with E-state index in [-0.39, 0.29) is 29.6 Å². The molecule has 3 aliphatic rings. The molecule has 0 unspecified atom stereocenters. The minimum atomic E-state index is -1.39. The Kier molecular flexibility index (Phi) is 1.83. The van der Waals surface area contributed by atoms with Crippen molar-refractivity contribution in [1.29, 1.82) is 0 Å². The van der Waals surface area contributed by atoms with Crippen LogP contribution in [0.25, 0.3) is 0 Å². The van der Waals surface area contributed by atoms with Crippen LogP contribution in [0.4, 0.5) is 0 Å². The standard InChI is InChI=1S/C12H13NO4/c1-12-7-3-2-6(4-7)9(12)10(16)13(11(12)17)5-8(14)15/h2-3,6-7,9H,4-5H2,1H3,(H,14,15)/p-1/t6-,7+,9+,12-/m0/s1. The van der Waals surface area contributed by atoms with Crippen molar-refractivity contribution in [2.45, 2.75) is 13.3 Å². The maximum absolute atomic E-state index is 12.2. The van der Waals surface area contributed by atoms with Gasteiger partial charge in [-0.25, -0.2) is 0 Å². The summed E-state index contributed by atoms with van der Waals surface area (Å²) in [4.78, 5) is 35.8. The van der Waals surface area contributed by atoms with E-state index in [1.54, 1.807) is 6.92 Å². The lowest BCUT2D eigenvalue weighted by molar-refractivity contribution is -0.305. The predicted octanol–water partition coefficient (Wildman–Crippen LogP) is -1.07. The fraction of sp³-hybridized carbons (Fsp3) is 0.583. The van der Waals surface area contributed by atoms with Crippen molar-refractivity contribution < 1.29 is 19.5 Å². The van der Waals surface area contributed by atoms with Crippen LogP contribution in [0.15, 0.2) is 12.2 Å². The summed E-state index contributed by atoms with van der Waals surface area (Å²) in [5.41, 5.74) is -0.730. The molecule has 0 N–H and O–H groups in total. The minimum Gasteiger partial charge on any atom is -0.548 e. The van der Waals surface area contributed by atoms with E-state index in [1.165, 1.54) is 0 Å². The molecule has 2 fully saturated rings. The number of carboxylic acids is 1. The van der Waals surface area contributed by atoms with Gasteiger partial charge in [0.2, 0.25) is 11.8 Å². The van der Waals surface area contributed by atoms with Crippen LogP contribution in [-0.4, -0.2) is 29.2 Å². The summed E-state index contributed by atoms with van der Waals surface area (Å²) in [6, 6.07) is 0. The van der Waals surface area contributed by atoms with Crippen LogP contribution in [0.1, 0.15) is 13.3 Å². The number of hydrogen-bond donors (Lipinski definition) is 0. The first kappa shape index (κ1) is 10.5. The number of likely N-dealkylation sites (tertiary alicyclic amines) is 1. The second-order valence-corrected chi connectivity index (χ2v) is 5.25. The highest BCUT2D eigenvalue weighted by Gasteiger charge is 2.66. The van der Waals surface area contributed by atoms with Gasteiger partial charge in [0.25, 0.3) is 0 Å². The topological polar surface area (TPSA) is 77.5 Å². The molecule has 2 bridgehead atoms. The number of imide groups is 1. The number of amides is 2. The fourth-order valence-corrected chi connectivity index (χ4v) is 3.66. The summed E-state index contributed by atoms with van der Waals surface area (Å²) in [7, 11) is 0. The van der Waals surface area contributed by atoms with Gasteiger partial charge in [-0.05, 0) is 25.2 Å². The van der Waals surface area contributed by atoms with E-state index < -0.39 is 17.9 Å². The van der Waals surface area contributed by atoms with Gasteiger partial charge in [-0.3, -0.25) is 14.5 Å². The lowest BCUT2D eigenvalue weighted by Crippen LogP contribution is -2.43. The number of allylic oxidation sites excluding steroid dienone is 2. The molecule has 5 heteroatoms. The SMILES string of the molecule is C[C@@]12C(=O)N(CC(=O)[O-])C(=O)[C@H]1[C@H]1C=C[C@@H]2C1. The highest BCUT2D eigenvalue weighted by molar-refractivity contribution is 6.10. The van der Waals surface area contributed by atoms with Crippen molar-refractivity contribution in [3.63, 3.8) is 0 Å². The van der Waals surface area contributed by atoms with Crippen molar-refractivity contribution in [3.05, 3.63) is 12.2 Å². The Morgan fingerprint density at radius 3 is 2.82 bits per heavy atom. The third-order valence-electron chi connectivity index (χ3n) is 4.49. The van der Waals surface area contributed by atoms with E-state index in [1.807, 2.05) is 12.2 Å². The molecule has 1 aliphatic heterocycles. The Morgan fingerprint density at radius 1 is 1.53 bits per heavy atom. The van der Waals surface area contributed by atoms with Crippen LogP contribution in [0.5, 0.6) is 0 Å².